The lowest BCUT2D eigenvalue weighted by molar-refractivity contribution is -0.123. The van der Waals surface area contributed by atoms with Gasteiger partial charge in [-0.2, -0.15) is 0 Å². The largest absolute Gasteiger partial charge is 0.346 e. The summed E-state index contributed by atoms with van der Waals surface area (Å²) in [5.74, 6) is -1.36. The van der Waals surface area contributed by atoms with Gasteiger partial charge in [0.05, 0.1) is 18.8 Å². The van der Waals surface area contributed by atoms with Gasteiger partial charge in [-0.15, -0.1) is 0 Å². The van der Waals surface area contributed by atoms with E-state index in [1.54, 1.807) is 0 Å². The van der Waals surface area contributed by atoms with Gasteiger partial charge in [-0.05, 0) is 34.1 Å². The molecule has 0 fully saturated rings. The molecule has 0 aromatic heterocycles. The van der Waals surface area contributed by atoms with Crippen LogP contribution in [0.5, 0.6) is 0 Å². The predicted octanol–water partition coefficient (Wildman–Crippen LogP) is 0.602. The first kappa shape index (κ1) is 13.6. The molecule has 0 saturated heterocycles. The number of hydrogen-bond donors (Lipinski definition) is 3. The van der Waals surface area contributed by atoms with Gasteiger partial charge in [0.2, 0.25) is 11.8 Å². The summed E-state index contributed by atoms with van der Waals surface area (Å²) in [7, 11) is 0. The Morgan fingerprint density at radius 2 is 2.06 bits per heavy atom. The summed E-state index contributed by atoms with van der Waals surface area (Å²) in [6.07, 6.45) is 0. The maximum absolute atomic E-state index is 12.9. The zero-order valence-corrected chi connectivity index (χ0v) is 10.4. The fourth-order valence-electron chi connectivity index (χ4n) is 1.04. The van der Waals surface area contributed by atoms with Crippen molar-refractivity contribution in [2.24, 2.45) is 5.73 Å². The Labute approximate surface area is 106 Å². The van der Waals surface area contributed by atoms with E-state index in [1.807, 2.05) is 0 Å². The van der Waals surface area contributed by atoms with Crippen LogP contribution >= 0.6 is 15.9 Å². The first-order chi connectivity index (χ1) is 8.02. The van der Waals surface area contributed by atoms with Crippen molar-refractivity contribution in [2.75, 3.05) is 18.4 Å². The number of halogens is 2. The van der Waals surface area contributed by atoms with Crippen LogP contribution in [0.3, 0.4) is 0 Å². The van der Waals surface area contributed by atoms with Crippen LogP contribution < -0.4 is 16.4 Å². The molecule has 0 spiro atoms. The third-order valence-electron chi connectivity index (χ3n) is 1.83. The van der Waals surface area contributed by atoms with E-state index in [2.05, 4.69) is 26.6 Å². The van der Waals surface area contributed by atoms with E-state index in [1.165, 1.54) is 18.2 Å². The number of rotatable bonds is 4. The molecule has 1 aromatic rings. The minimum absolute atomic E-state index is 0.184. The Bertz CT molecular complexity index is 440. The van der Waals surface area contributed by atoms with Gasteiger partial charge in [-0.25, -0.2) is 4.39 Å². The van der Waals surface area contributed by atoms with Crippen molar-refractivity contribution in [1.82, 2.24) is 5.32 Å². The second-order valence-electron chi connectivity index (χ2n) is 3.15. The molecular weight excluding hydrogens is 293 g/mol. The predicted molar refractivity (Wildman–Crippen MR) is 64.8 cm³/mol. The second-order valence-corrected chi connectivity index (χ2v) is 4.01. The summed E-state index contributed by atoms with van der Waals surface area (Å²) in [5, 5.41) is 4.75. The number of benzene rings is 1. The summed E-state index contributed by atoms with van der Waals surface area (Å²) in [5.41, 5.74) is 5.36. The summed E-state index contributed by atoms with van der Waals surface area (Å²) < 4.78 is 13.5. The standard InChI is InChI=1S/C10H11BrFN3O2/c11-7-2-1-6(12)3-8(7)15-10(17)5-14-9(16)4-13/h1-3H,4-5,13H2,(H,14,16)(H,15,17). The van der Waals surface area contributed by atoms with E-state index in [-0.39, 0.29) is 13.1 Å². The van der Waals surface area contributed by atoms with Crippen LogP contribution in [0.4, 0.5) is 10.1 Å². The van der Waals surface area contributed by atoms with Crippen LogP contribution in [0.1, 0.15) is 0 Å². The first-order valence-electron chi connectivity index (χ1n) is 4.74. The fourth-order valence-corrected chi connectivity index (χ4v) is 1.38. The van der Waals surface area contributed by atoms with Gasteiger partial charge in [0.25, 0.3) is 0 Å². The van der Waals surface area contributed by atoms with Crippen molar-refractivity contribution in [1.29, 1.82) is 0 Å². The summed E-state index contributed by atoms with van der Waals surface area (Å²) in [6, 6.07) is 3.91. The van der Waals surface area contributed by atoms with Crippen molar-refractivity contribution in [3.63, 3.8) is 0 Å². The highest BCUT2D eigenvalue weighted by atomic mass is 79.9. The lowest BCUT2D eigenvalue weighted by atomic mass is 10.3. The summed E-state index contributed by atoms with van der Waals surface area (Å²) in [4.78, 5) is 22.2. The molecule has 17 heavy (non-hydrogen) atoms. The minimum atomic E-state index is -0.463. The minimum Gasteiger partial charge on any atom is -0.346 e. The molecule has 0 bridgehead atoms. The van der Waals surface area contributed by atoms with Crippen LogP contribution in [0.25, 0.3) is 0 Å². The molecule has 0 aliphatic heterocycles. The maximum Gasteiger partial charge on any atom is 0.243 e. The van der Waals surface area contributed by atoms with Crippen molar-refractivity contribution in [3.05, 3.63) is 28.5 Å². The molecule has 0 heterocycles. The second kappa shape index (κ2) is 6.31. The average Bonchev–Trinajstić information content (AvgIpc) is 2.30. The van der Waals surface area contributed by atoms with Crippen LogP contribution in [0.2, 0.25) is 0 Å². The summed E-state index contributed by atoms with van der Waals surface area (Å²) in [6.45, 7) is -0.393. The van der Waals surface area contributed by atoms with E-state index < -0.39 is 17.6 Å². The zero-order valence-electron chi connectivity index (χ0n) is 8.80. The van der Waals surface area contributed by atoms with Crippen molar-refractivity contribution in [3.8, 4) is 0 Å². The number of nitrogens with two attached hydrogens (primary N) is 1. The van der Waals surface area contributed by atoms with Gasteiger partial charge in [0.15, 0.2) is 0 Å². The van der Waals surface area contributed by atoms with Gasteiger partial charge in [-0.1, -0.05) is 0 Å². The Balaban J connectivity index is 2.56. The average molecular weight is 304 g/mol. The third-order valence-corrected chi connectivity index (χ3v) is 2.53. The van der Waals surface area contributed by atoms with Gasteiger partial charge in [-0.3, -0.25) is 9.59 Å². The lowest BCUT2D eigenvalue weighted by Gasteiger charge is -2.08. The maximum atomic E-state index is 12.9. The molecule has 7 heteroatoms. The molecule has 92 valence electrons. The molecule has 0 aliphatic carbocycles. The topological polar surface area (TPSA) is 84.2 Å². The molecule has 0 unspecified atom stereocenters. The third kappa shape index (κ3) is 4.49. The van der Waals surface area contributed by atoms with Gasteiger partial charge >= 0.3 is 0 Å². The lowest BCUT2D eigenvalue weighted by Crippen LogP contribution is -2.36. The first-order valence-corrected chi connectivity index (χ1v) is 5.54. The highest BCUT2D eigenvalue weighted by Crippen LogP contribution is 2.22. The van der Waals surface area contributed by atoms with Crippen molar-refractivity contribution in [2.45, 2.75) is 0 Å². The molecule has 0 aliphatic rings. The van der Waals surface area contributed by atoms with E-state index in [4.69, 9.17) is 5.73 Å². The Hall–Kier alpha value is -1.47. The van der Waals surface area contributed by atoms with E-state index in [0.717, 1.165) is 0 Å². The van der Waals surface area contributed by atoms with Crippen molar-refractivity contribution < 1.29 is 14.0 Å². The van der Waals surface area contributed by atoms with Crippen LogP contribution in [-0.2, 0) is 9.59 Å². The number of carbonyl (C=O) groups excluding carboxylic acids is 2. The van der Waals surface area contributed by atoms with E-state index >= 15 is 0 Å². The normalized spacial score (nSPS) is 9.82. The SMILES string of the molecule is NCC(=O)NCC(=O)Nc1cc(F)ccc1Br. The molecule has 2 amide bonds. The quantitative estimate of drug-likeness (QED) is 0.761. The molecule has 0 radical (unpaired) electrons. The smallest absolute Gasteiger partial charge is 0.243 e. The number of nitrogens with one attached hydrogen (secondary N) is 2. The monoisotopic (exact) mass is 303 g/mol. The number of amides is 2. The molecule has 0 atom stereocenters. The van der Waals surface area contributed by atoms with E-state index in [0.29, 0.717) is 10.2 Å². The summed E-state index contributed by atoms with van der Waals surface area (Å²) >= 11 is 3.16. The molecule has 1 rings (SSSR count). The molecule has 4 N–H and O–H groups in total. The Morgan fingerprint density at radius 3 is 2.71 bits per heavy atom. The Kier molecular flexibility index (Phi) is 5.05. The molecule has 0 saturated carbocycles. The molecule has 1 aromatic carbocycles. The number of anilines is 1. The van der Waals surface area contributed by atoms with E-state index in [9.17, 15) is 14.0 Å². The fraction of sp³-hybridized carbons (Fsp3) is 0.200. The highest BCUT2D eigenvalue weighted by molar-refractivity contribution is 9.10. The van der Waals surface area contributed by atoms with Gasteiger partial charge < -0.3 is 16.4 Å². The van der Waals surface area contributed by atoms with Crippen LogP contribution in [0.15, 0.2) is 22.7 Å². The van der Waals surface area contributed by atoms with Gasteiger partial charge in [0.1, 0.15) is 5.82 Å². The zero-order chi connectivity index (χ0) is 12.8. The number of hydrogen-bond acceptors (Lipinski definition) is 3. The number of carbonyl (C=O) groups is 2. The van der Waals surface area contributed by atoms with Crippen LogP contribution in [0, 0.1) is 5.82 Å². The van der Waals surface area contributed by atoms with Crippen LogP contribution in [-0.4, -0.2) is 24.9 Å². The molecular formula is C10H11BrFN3O2. The van der Waals surface area contributed by atoms with Gasteiger partial charge in [0, 0.05) is 4.47 Å². The highest BCUT2D eigenvalue weighted by Gasteiger charge is 2.07. The van der Waals surface area contributed by atoms with Crippen molar-refractivity contribution >= 4 is 33.4 Å². The molecule has 5 nitrogen and oxygen atoms in total. The Morgan fingerprint density at radius 1 is 1.35 bits per heavy atom.